The molecule has 1 N–H and O–H groups in total. The van der Waals surface area contributed by atoms with Crippen LogP contribution < -0.4 is 4.90 Å². The highest BCUT2D eigenvalue weighted by atomic mass is 35.5. The second-order valence-electron chi connectivity index (χ2n) is 4.61. The Morgan fingerprint density at radius 3 is 2.75 bits per heavy atom. The van der Waals surface area contributed by atoms with Gasteiger partial charge in [-0.2, -0.15) is 0 Å². The Labute approximate surface area is 122 Å². The first-order valence-corrected chi connectivity index (χ1v) is 6.54. The molecule has 0 radical (unpaired) electrons. The van der Waals surface area contributed by atoms with Gasteiger partial charge in [0.1, 0.15) is 0 Å². The van der Waals surface area contributed by atoms with Gasteiger partial charge in [-0.05, 0) is 23.8 Å². The van der Waals surface area contributed by atoms with E-state index in [4.69, 9.17) is 16.7 Å². The molecule has 5 nitrogen and oxygen atoms in total. The van der Waals surface area contributed by atoms with Crippen LogP contribution in [-0.2, 0) is 9.59 Å². The summed E-state index contributed by atoms with van der Waals surface area (Å²) in [5.74, 6) is -0.947. The largest absolute Gasteiger partial charge is 0.478 e. The van der Waals surface area contributed by atoms with Crippen LogP contribution in [0.1, 0.15) is 5.56 Å². The van der Waals surface area contributed by atoms with E-state index in [0.717, 1.165) is 18.3 Å². The lowest BCUT2D eigenvalue weighted by Gasteiger charge is -2.33. The SMILES string of the molecule is CN1CCN(c2ccc(/C=C/C(=O)O)c(Cl)c2)CC1=O. The molecule has 1 saturated heterocycles. The van der Waals surface area contributed by atoms with Crippen molar-refractivity contribution in [1.82, 2.24) is 4.90 Å². The number of rotatable bonds is 3. The number of hydrogen-bond acceptors (Lipinski definition) is 3. The van der Waals surface area contributed by atoms with Gasteiger partial charge in [0, 0.05) is 36.9 Å². The number of anilines is 1. The fourth-order valence-corrected chi connectivity index (χ4v) is 2.23. The number of halogens is 1. The van der Waals surface area contributed by atoms with Crippen molar-refractivity contribution in [3.63, 3.8) is 0 Å². The van der Waals surface area contributed by atoms with Crippen LogP contribution >= 0.6 is 11.6 Å². The van der Waals surface area contributed by atoms with Crippen LogP contribution in [0.4, 0.5) is 5.69 Å². The molecule has 1 aromatic carbocycles. The Kier molecular flexibility index (Phi) is 4.29. The number of aliphatic carboxylic acids is 1. The average Bonchev–Trinajstić information content (AvgIpc) is 2.40. The number of carboxylic acids is 1. The normalized spacial score (nSPS) is 16.0. The molecule has 106 valence electrons. The first kappa shape index (κ1) is 14.4. The van der Waals surface area contributed by atoms with E-state index in [2.05, 4.69) is 0 Å². The fourth-order valence-electron chi connectivity index (χ4n) is 1.99. The second-order valence-corrected chi connectivity index (χ2v) is 5.02. The van der Waals surface area contributed by atoms with E-state index in [1.54, 1.807) is 24.1 Å². The van der Waals surface area contributed by atoms with Gasteiger partial charge in [0.25, 0.3) is 0 Å². The van der Waals surface area contributed by atoms with Gasteiger partial charge in [0.2, 0.25) is 5.91 Å². The van der Waals surface area contributed by atoms with Crippen LogP contribution in [0.5, 0.6) is 0 Å². The van der Waals surface area contributed by atoms with Crippen molar-refractivity contribution in [3.8, 4) is 0 Å². The second kappa shape index (κ2) is 5.96. The third kappa shape index (κ3) is 3.30. The van der Waals surface area contributed by atoms with E-state index in [9.17, 15) is 9.59 Å². The maximum Gasteiger partial charge on any atom is 0.328 e. The molecule has 1 aliphatic rings. The predicted octanol–water partition coefficient (Wildman–Crippen LogP) is 1.72. The Morgan fingerprint density at radius 2 is 2.15 bits per heavy atom. The molecule has 1 amide bonds. The number of carboxylic acid groups (broad SMARTS) is 1. The van der Waals surface area contributed by atoms with Crippen molar-refractivity contribution >= 4 is 35.2 Å². The number of amides is 1. The molecule has 20 heavy (non-hydrogen) atoms. The molecular formula is C14H15ClN2O3. The van der Waals surface area contributed by atoms with E-state index in [1.807, 2.05) is 11.0 Å². The zero-order valence-corrected chi connectivity index (χ0v) is 11.8. The highest BCUT2D eigenvalue weighted by Gasteiger charge is 2.21. The van der Waals surface area contributed by atoms with Crippen molar-refractivity contribution in [3.05, 3.63) is 34.9 Å². The molecule has 0 aliphatic carbocycles. The van der Waals surface area contributed by atoms with Gasteiger partial charge in [-0.25, -0.2) is 4.79 Å². The molecule has 2 rings (SSSR count). The lowest BCUT2D eigenvalue weighted by atomic mass is 10.1. The quantitative estimate of drug-likeness (QED) is 0.862. The van der Waals surface area contributed by atoms with Crippen LogP contribution in [0.15, 0.2) is 24.3 Å². The minimum absolute atomic E-state index is 0.0715. The summed E-state index contributed by atoms with van der Waals surface area (Å²) in [7, 11) is 1.78. The van der Waals surface area contributed by atoms with Gasteiger partial charge < -0.3 is 14.9 Å². The number of carbonyl (C=O) groups excluding carboxylic acids is 1. The van der Waals surface area contributed by atoms with E-state index < -0.39 is 5.97 Å². The molecule has 1 aliphatic heterocycles. The Hall–Kier alpha value is -2.01. The number of benzene rings is 1. The van der Waals surface area contributed by atoms with E-state index in [-0.39, 0.29) is 5.91 Å². The first-order chi connectivity index (χ1) is 9.47. The van der Waals surface area contributed by atoms with Gasteiger partial charge in [-0.15, -0.1) is 0 Å². The third-order valence-electron chi connectivity index (χ3n) is 3.21. The van der Waals surface area contributed by atoms with Crippen molar-refractivity contribution in [2.45, 2.75) is 0 Å². The number of likely N-dealkylation sites (N-methyl/N-ethyl adjacent to an activating group) is 1. The van der Waals surface area contributed by atoms with Gasteiger partial charge in [-0.1, -0.05) is 17.7 Å². The highest BCUT2D eigenvalue weighted by Crippen LogP contribution is 2.25. The number of hydrogen-bond donors (Lipinski definition) is 1. The van der Waals surface area contributed by atoms with Crippen LogP contribution in [0.25, 0.3) is 6.08 Å². The summed E-state index contributed by atoms with van der Waals surface area (Å²) in [5, 5.41) is 9.06. The van der Waals surface area contributed by atoms with Crippen molar-refractivity contribution in [2.75, 3.05) is 31.6 Å². The molecular weight excluding hydrogens is 280 g/mol. The molecule has 0 bridgehead atoms. The highest BCUT2D eigenvalue weighted by molar-refractivity contribution is 6.32. The minimum atomic E-state index is -1.02. The van der Waals surface area contributed by atoms with Crippen molar-refractivity contribution in [2.24, 2.45) is 0 Å². The molecule has 1 aromatic rings. The van der Waals surface area contributed by atoms with Crippen LogP contribution in [0, 0.1) is 0 Å². The lowest BCUT2D eigenvalue weighted by Crippen LogP contribution is -2.48. The molecule has 0 spiro atoms. The molecule has 0 unspecified atom stereocenters. The molecule has 1 heterocycles. The zero-order valence-electron chi connectivity index (χ0n) is 11.0. The number of piperazine rings is 1. The summed E-state index contributed by atoms with van der Waals surface area (Å²) in [6, 6.07) is 5.34. The Bertz CT molecular complexity index is 572. The summed E-state index contributed by atoms with van der Waals surface area (Å²) in [4.78, 5) is 25.8. The maximum atomic E-state index is 11.7. The van der Waals surface area contributed by atoms with Gasteiger partial charge >= 0.3 is 5.97 Å². The Morgan fingerprint density at radius 1 is 1.40 bits per heavy atom. The number of nitrogens with zero attached hydrogens (tertiary/aromatic N) is 2. The maximum absolute atomic E-state index is 11.7. The number of carbonyl (C=O) groups is 2. The Balaban J connectivity index is 2.17. The minimum Gasteiger partial charge on any atom is -0.478 e. The smallest absolute Gasteiger partial charge is 0.328 e. The van der Waals surface area contributed by atoms with Crippen LogP contribution in [0.2, 0.25) is 5.02 Å². The standard InChI is InChI=1S/C14H15ClN2O3/c1-16-6-7-17(9-13(16)18)11-4-2-10(12(15)8-11)3-5-14(19)20/h2-5,8H,6-7,9H2,1H3,(H,19,20)/b5-3+. The first-order valence-electron chi connectivity index (χ1n) is 6.17. The van der Waals surface area contributed by atoms with Crippen LogP contribution in [-0.4, -0.2) is 48.6 Å². The molecule has 0 atom stereocenters. The average molecular weight is 295 g/mol. The van der Waals surface area contributed by atoms with Crippen molar-refractivity contribution < 1.29 is 14.7 Å². The third-order valence-corrected chi connectivity index (χ3v) is 3.54. The van der Waals surface area contributed by atoms with Crippen molar-refractivity contribution in [1.29, 1.82) is 0 Å². The molecule has 0 saturated carbocycles. The monoisotopic (exact) mass is 294 g/mol. The molecule has 6 heteroatoms. The summed E-state index contributed by atoms with van der Waals surface area (Å²) in [6.45, 7) is 1.76. The van der Waals surface area contributed by atoms with E-state index in [1.165, 1.54) is 6.08 Å². The summed E-state index contributed by atoms with van der Waals surface area (Å²) >= 11 is 6.13. The van der Waals surface area contributed by atoms with Crippen LogP contribution in [0.3, 0.4) is 0 Å². The van der Waals surface area contributed by atoms with E-state index >= 15 is 0 Å². The summed E-state index contributed by atoms with van der Waals surface area (Å²) < 4.78 is 0. The zero-order chi connectivity index (χ0) is 14.7. The predicted molar refractivity (Wildman–Crippen MR) is 78.0 cm³/mol. The topological polar surface area (TPSA) is 60.9 Å². The fraction of sp³-hybridized carbons (Fsp3) is 0.286. The van der Waals surface area contributed by atoms with Gasteiger partial charge in [0.15, 0.2) is 0 Å². The van der Waals surface area contributed by atoms with E-state index in [0.29, 0.717) is 23.7 Å². The van der Waals surface area contributed by atoms with Gasteiger partial charge in [0.05, 0.1) is 6.54 Å². The lowest BCUT2D eigenvalue weighted by molar-refractivity contribution is -0.131. The molecule has 1 fully saturated rings. The van der Waals surface area contributed by atoms with Gasteiger partial charge in [-0.3, -0.25) is 4.79 Å². The summed E-state index contributed by atoms with van der Waals surface area (Å²) in [5.41, 5.74) is 1.50. The summed E-state index contributed by atoms with van der Waals surface area (Å²) in [6.07, 6.45) is 2.49. The molecule has 0 aromatic heterocycles.